The third kappa shape index (κ3) is 3.12. The lowest BCUT2D eigenvalue weighted by Gasteiger charge is -2.35. The van der Waals surface area contributed by atoms with Crippen LogP contribution in [0.5, 0.6) is 0 Å². The first-order valence-corrected chi connectivity index (χ1v) is 8.39. The summed E-state index contributed by atoms with van der Waals surface area (Å²) in [7, 11) is 1.94. The fraction of sp³-hybridized carbons (Fsp3) is 0.846. The lowest BCUT2D eigenvalue weighted by molar-refractivity contribution is 0.141. The highest BCUT2D eigenvalue weighted by Gasteiger charge is 2.28. The van der Waals surface area contributed by atoms with Gasteiger partial charge in [-0.2, -0.15) is 11.8 Å². The Balaban J connectivity index is 1.53. The molecule has 0 bridgehead atoms. The summed E-state index contributed by atoms with van der Waals surface area (Å²) in [5, 5.41) is 11.6. The van der Waals surface area contributed by atoms with Crippen LogP contribution in [0.1, 0.15) is 31.0 Å². The number of rotatable bonds is 4. The molecule has 0 amide bonds. The van der Waals surface area contributed by atoms with Crippen molar-refractivity contribution in [1.29, 1.82) is 0 Å². The van der Waals surface area contributed by atoms with E-state index in [1.54, 1.807) is 0 Å². The molecule has 0 aromatic carbocycles. The highest BCUT2D eigenvalue weighted by atomic mass is 32.2. The number of aromatic nitrogens is 3. The van der Waals surface area contributed by atoms with Gasteiger partial charge in [0, 0.05) is 31.4 Å². The van der Waals surface area contributed by atoms with Crippen LogP contribution in [0, 0.1) is 0 Å². The summed E-state index contributed by atoms with van der Waals surface area (Å²) < 4.78 is 2.08. The molecule has 1 aromatic heterocycles. The molecule has 1 N–H and O–H groups in total. The number of hydrogen-bond acceptors (Lipinski definition) is 5. The summed E-state index contributed by atoms with van der Waals surface area (Å²) in [6.45, 7) is 3.24. The van der Waals surface area contributed by atoms with Gasteiger partial charge in [-0.15, -0.1) is 5.10 Å². The van der Waals surface area contributed by atoms with Crippen molar-refractivity contribution in [2.75, 3.05) is 31.6 Å². The van der Waals surface area contributed by atoms with Gasteiger partial charge in [0.15, 0.2) is 0 Å². The Morgan fingerprint density at radius 2 is 2.16 bits per heavy atom. The van der Waals surface area contributed by atoms with Gasteiger partial charge in [0.2, 0.25) is 0 Å². The van der Waals surface area contributed by atoms with Gasteiger partial charge in [0.05, 0.1) is 17.9 Å². The molecule has 2 fully saturated rings. The Morgan fingerprint density at radius 3 is 2.84 bits per heavy atom. The zero-order chi connectivity index (χ0) is 13.1. The Bertz CT molecular complexity index is 393. The van der Waals surface area contributed by atoms with Crippen LogP contribution in [0.4, 0.5) is 0 Å². The molecule has 106 valence electrons. The molecule has 3 heterocycles. The Kier molecular flexibility index (Phi) is 4.40. The van der Waals surface area contributed by atoms with E-state index in [0.717, 1.165) is 18.3 Å². The normalized spacial score (nSPS) is 26.1. The second kappa shape index (κ2) is 6.24. The van der Waals surface area contributed by atoms with Crippen LogP contribution >= 0.6 is 11.8 Å². The van der Waals surface area contributed by atoms with Gasteiger partial charge in [0.1, 0.15) is 0 Å². The Labute approximate surface area is 119 Å². The molecule has 0 aliphatic carbocycles. The van der Waals surface area contributed by atoms with Gasteiger partial charge in [0.25, 0.3) is 0 Å². The van der Waals surface area contributed by atoms with Crippen LogP contribution in [0.25, 0.3) is 0 Å². The summed E-state index contributed by atoms with van der Waals surface area (Å²) in [5.41, 5.74) is 1.04. The van der Waals surface area contributed by atoms with Crippen molar-refractivity contribution < 1.29 is 0 Å². The quantitative estimate of drug-likeness (QED) is 0.897. The zero-order valence-electron chi connectivity index (χ0n) is 11.6. The van der Waals surface area contributed by atoms with Crippen molar-refractivity contribution in [3.05, 3.63) is 11.9 Å². The van der Waals surface area contributed by atoms with Gasteiger partial charge in [-0.3, -0.25) is 4.90 Å². The van der Waals surface area contributed by atoms with E-state index < -0.39 is 0 Å². The third-order valence-corrected chi connectivity index (χ3v) is 5.36. The van der Waals surface area contributed by atoms with Crippen LogP contribution in [-0.4, -0.2) is 57.6 Å². The van der Waals surface area contributed by atoms with Crippen molar-refractivity contribution in [3.63, 3.8) is 0 Å². The van der Waals surface area contributed by atoms with Crippen molar-refractivity contribution in [1.82, 2.24) is 25.2 Å². The lowest BCUT2D eigenvalue weighted by atomic mass is 10.0. The summed E-state index contributed by atoms with van der Waals surface area (Å²) >= 11 is 2.11. The minimum Gasteiger partial charge on any atom is -0.314 e. The monoisotopic (exact) mass is 281 g/mol. The van der Waals surface area contributed by atoms with E-state index in [4.69, 9.17) is 0 Å². The first kappa shape index (κ1) is 13.4. The first-order valence-electron chi connectivity index (χ1n) is 7.24. The average molecular weight is 281 g/mol. The highest BCUT2D eigenvalue weighted by molar-refractivity contribution is 7.99. The molecule has 0 radical (unpaired) electrons. The maximum absolute atomic E-state index is 4.29. The maximum atomic E-state index is 4.29. The molecule has 0 spiro atoms. The van der Waals surface area contributed by atoms with Crippen molar-refractivity contribution in [3.8, 4) is 0 Å². The van der Waals surface area contributed by atoms with E-state index in [-0.39, 0.29) is 0 Å². The third-order valence-electron chi connectivity index (χ3n) is 4.21. The van der Waals surface area contributed by atoms with E-state index in [0.29, 0.717) is 6.04 Å². The second-order valence-corrected chi connectivity index (χ2v) is 6.65. The van der Waals surface area contributed by atoms with Crippen molar-refractivity contribution >= 4 is 11.8 Å². The van der Waals surface area contributed by atoms with Crippen LogP contribution in [0.2, 0.25) is 0 Å². The minimum atomic E-state index is 0.545. The maximum Gasteiger partial charge on any atom is 0.0964 e. The molecular weight excluding hydrogens is 258 g/mol. The van der Waals surface area contributed by atoms with Gasteiger partial charge in [-0.25, -0.2) is 4.68 Å². The van der Waals surface area contributed by atoms with Crippen LogP contribution in [-0.2, 0) is 6.54 Å². The molecule has 0 saturated carbocycles. The van der Waals surface area contributed by atoms with Gasteiger partial charge < -0.3 is 5.32 Å². The van der Waals surface area contributed by atoms with E-state index in [2.05, 4.69) is 43.2 Å². The molecular formula is C13H23N5S. The summed E-state index contributed by atoms with van der Waals surface area (Å²) in [6, 6.07) is 1.38. The summed E-state index contributed by atoms with van der Waals surface area (Å²) in [5.74, 6) is 2.68. The van der Waals surface area contributed by atoms with Crippen molar-refractivity contribution in [2.24, 2.45) is 0 Å². The largest absolute Gasteiger partial charge is 0.314 e. The van der Waals surface area contributed by atoms with Gasteiger partial charge in [-0.1, -0.05) is 5.21 Å². The molecule has 1 atom stereocenters. The predicted molar refractivity (Wildman–Crippen MR) is 78.4 cm³/mol. The molecule has 1 aromatic rings. The highest BCUT2D eigenvalue weighted by Crippen LogP contribution is 2.28. The van der Waals surface area contributed by atoms with Crippen molar-refractivity contribution in [2.45, 2.75) is 37.9 Å². The fourth-order valence-corrected chi connectivity index (χ4v) is 4.33. The molecule has 2 saturated heterocycles. The van der Waals surface area contributed by atoms with Crippen LogP contribution < -0.4 is 5.32 Å². The lowest BCUT2D eigenvalue weighted by Crippen LogP contribution is -2.42. The zero-order valence-corrected chi connectivity index (χ0v) is 12.4. The first-order chi connectivity index (χ1) is 9.36. The van der Waals surface area contributed by atoms with Gasteiger partial charge in [-0.05, 0) is 32.1 Å². The standard InChI is InChI=1S/C13H23N5S/c1-14-8-11-9-18(16-15-11)12-2-5-17(6-3-12)13-4-7-19-10-13/h9,12-14H,2-8,10H2,1H3/t13-/m1/s1. The van der Waals surface area contributed by atoms with E-state index in [1.165, 1.54) is 43.9 Å². The molecule has 2 aliphatic heterocycles. The number of thioether (sulfide) groups is 1. The Hall–Kier alpha value is -0.590. The molecule has 6 heteroatoms. The number of piperidine rings is 1. The van der Waals surface area contributed by atoms with E-state index >= 15 is 0 Å². The number of likely N-dealkylation sites (tertiary alicyclic amines) is 1. The second-order valence-electron chi connectivity index (χ2n) is 5.50. The predicted octanol–water partition coefficient (Wildman–Crippen LogP) is 1.14. The summed E-state index contributed by atoms with van der Waals surface area (Å²) in [4.78, 5) is 2.68. The van der Waals surface area contributed by atoms with Crippen LogP contribution in [0.15, 0.2) is 6.20 Å². The number of nitrogens with zero attached hydrogens (tertiary/aromatic N) is 4. The fourth-order valence-electron chi connectivity index (χ4n) is 3.08. The molecule has 3 rings (SSSR count). The van der Waals surface area contributed by atoms with Gasteiger partial charge >= 0.3 is 0 Å². The molecule has 19 heavy (non-hydrogen) atoms. The number of hydrogen-bond donors (Lipinski definition) is 1. The smallest absolute Gasteiger partial charge is 0.0964 e. The molecule has 0 unspecified atom stereocenters. The summed E-state index contributed by atoms with van der Waals surface area (Å²) in [6.07, 6.45) is 5.90. The van der Waals surface area contributed by atoms with Crippen LogP contribution in [0.3, 0.4) is 0 Å². The van der Waals surface area contributed by atoms with E-state index in [9.17, 15) is 0 Å². The molecule has 5 nitrogen and oxygen atoms in total. The average Bonchev–Trinajstić information content (AvgIpc) is 3.10. The molecule has 2 aliphatic rings. The van der Waals surface area contributed by atoms with E-state index in [1.807, 2.05) is 7.05 Å². The number of nitrogens with one attached hydrogen (secondary N) is 1. The topological polar surface area (TPSA) is 46.0 Å². The Morgan fingerprint density at radius 1 is 1.32 bits per heavy atom. The minimum absolute atomic E-state index is 0.545. The SMILES string of the molecule is CNCc1cn(C2CCN([C@@H]3CCSC3)CC2)nn1.